The zero-order chi connectivity index (χ0) is 13.1. The molecule has 1 saturated heterocycles. The van der Waals surface area contributed by atoms with E-state index in [0.717, 1.165) is 23.7 Å². The van der Waals surface area contributed by atoms with Crippen LogP contribution in [0.3, 0.4) is 0 Å². The molecule has 0 radical (unpaired) electrons. The first-order valence-electron chi connectivity index (χ1n) is 6.84. The Morgan fingerprint density at radius 1 is 1.21 bits per heavy atom. The van der Waals surface area contributed by atoms with Gasteiger partial charge in [0.05, 0.1) is 19.6 Å². The number of likely N-dealkylation sites (tertiary alicyclic amines) is 1. The number of H-pyrrole nitrogens is 1. The van der Waals surface area contributed by atoms with Crippen LogP contribution in [0.1, 0.15) is 24.2 Å². The minimum absolute atomic E-state index is 0.720. The van der Waals surface area contributed by atoms with Gasteiger partial charge in [-0.2, -0.15) is 5.10 Å². The fourth-order valence-electron chi connectivity index (χ4n) is 2.69. The first-order valence-corrected chi connectivity index (χ1v) is 7.25. The highest BCUT2D eigenvalue weighted by atomic mass is 32.1. The minimum Gasteiger partial charge on any atom is -0.329 e. The van der Waals surface area contributed by atoms with Crippen molar-refractivity contribution >= 4 is 12.2 Å². The van der Waals surface area contributed by atoms with Crippen LogP contribution >= 0.6 is 12.2 Å². The number of aromatic nitrogens is 3. The smallest absolute Gasteiger partial charge is 0.195 e. The molecule has 19 heavy (non-hydrogen) atoms. The van der Waals surface area contributed by atoms with Gasteiger partial charge in [0.2, 0.25) is 0 Å². The van der Waals surface area contributed by atoms with E-state index >= 15 is 0 Å². The molecule has 1 fully saturated rings. The SMILES string of the molecule is S=c1[nH]nc(C[NH+]2CCCC2)n1Cc1ccccc1. The quantitative estimate of drug-likeness (QED) is 0.822. The van der Waals surface area contributed by atoms with Crippen LogP contribution in [0.25, 0.3) is 0 Å². The van der Waals surface area contributed by atoms with E-state index in [9.17, 15) is 0 Å². The number of hydrogen-bond acceptors (Lipinski definition) is 2. The Balaban J connectivity index is 1.80. The standard InChI is InChI=1S/C14H18N4S/c19-14-16-15-13(11-17-8-4-5-9-17)18(14)10-12-6-2-1-3-7-12/h1-3,6-7H,4-5,8-11H2,(H,16,19)/p+1. The summed E-state index contributed by atoms with van der Waals surface area (Å²) in [5.74, 6) is 1.07. The molecule has 0 bridgehead atoms. The van der Waals surface area contributed by atoms with Crippen LogP contribution in [0.2, 0.25) is 0 Å². The summed E-state index contributed by atoms with van der Waals surface area (Å²) in [5, 5.41) is 7.33. The molecule has 0 aliphatic carbocycles. The zero-order valence-electron chi connectivity index (χ0n) is 10.9. The molecule has 3 rings (SSSR count). The van der Waals surface area contributed by atoms with Crippen LogP contribution in [0, 0.1) is 4.77 Å². The second kappa shape index (κ2) is 5.67. The van der Waals surface area contributed by atoms with Crippen molar-refractivity contribution < 1.29 is 4.90 Å². The van der Waals surface area contributed by atoms with Gasteiger partial charge in [0.15, 0.2) is 10.6 Å². The van der Waals surface area contributed by atoms with Crippen LogP contribution in [0.4, 0.5) is 0 Å². The lowest BCUT2D eigenvalue weighted by Crippen LogP contribution is -3.08. The van der Waals surface area contributed by atoms with Gasteiger partial charge in [0, 0.05) is 12.8 Å². The van der Waals surface area contributed by atoms with E-state index in [1.807, 2.05) is 6.07 Å². The third-order valence-electron chi connectivity index (χ3n) is 3.74. The molecule has 1 aliphatic rings. The molecule has 5 heteroatoms. The van der Waals surface area contributed by atoms with Crippen molar-refractivity contribution in [2.45, 2.75) is 25.9 Å². The van der Waals surface area contributed by atoms with Crippen LogP contribution in [0.15, 0.2) is 30.3 Å². The molecule has 2 heterocycles. The molecule has 1 aliphatic heterocycles. The zero-order valence-corrected chi connectivity index (χ0v) is 11.7. The lowest BCUT2D eigenvalue weighted by molar-refractivity contribution is -0.902. The van der Waals surface area contributed by atoms with E-state index in [1.165, 1.54) is 31.5 Å². The lowest BCUT2D eigenvalue weighted by atomic mass is 10.2. The topological polar surface area (TPSA) is 38.0 Å². The predicted molar refractivity (Wildman–Crippen MR) is 76.6 cm³/mol. The molecular formula is C14H19N4S+. The number of quaternary nitrogens is 1. The van der Waals surface area contributed by atoms with Gasteiger partial charge >= 0.3 is 0 Å². The molecule has 0 atom stereocenters. The first kappa shape index (κ1) is 12.6. The molecule has 4 nitrogen and oxygen atoms in total. The number of nitrogens with one attached hydrogen (secondary N) is 2. The van der Waals surface area contributed by atoms with E-state index in [4.69, 9.17) is 12.2 Å². The Labute approximate surface area is 118 Å². The van der Waals surface area contributed by atoms with Crippen molar-refractivity contribution in [3.05, 3.63) is 46.5 Å². The largest absolute Gasteiger partial charge is 0.329 e. The number of nitrogens with zero attached hydrogens (tertiary/aromatic N) is 2. The fraction of sp³-hybridized carbons (Fsp3) is 0.429. The Morgan fingerprint density at radius 2 is 1.95 bits per heavy atom. The highest BCUT2D eigenvalue weighted by Gasteiger charge is 2.19. The van der Waals surface area contributed by atoms with Gasteiger partial charge in [-0.3, -0.25) is 9.67 Å². The molecule has 0 unspecified atom stereocenters. The average molecular weight is 275 g/mol. The fourth-order valence-corrected chi connectivity index (χ4v) is 2.91. The van der Waals surface area contributed by atoms with Crippen molar-refractivity contribution in [1.29, 1.82) is 0 Å². The summed E-state index contributed by atoms with van der Waals surface area (Å²) in [6.45, 7) is 4.29. The molecule has 2 N–H and O–H groups in total. The van der Waals surface area contributed by atoms with Crippen LogP contribution in [-0.2, 0) is 13.1 Å². The average Bonchev–Trinajstić information content (AvgIpc) is 3.05. The van der Waals surface area contributed by atoms with Gasteiger partial charge in [0.25, 0.3) is 0 Å². The van der Waals surface area contributed by atoms with Crippen LogP contribution in [0.5, 0.6) is 0 Å². The Hall–Kier alpha value is -1.46. The number of aromatic amines is 1. The van der Waals surface area contributed by atoms with Crippen molar-refractivity contribution in [1.82, 2.24) is 14.8 Å². The van der Waals surface area contributed by atoms with E-state index in [0.29, 0.717) is 0 Å². The van der Waals surface area contributed by atoms with Crippen molar-refractivity contribution in [3.63, 3.8) is 0 Å². The van der Waals surface area contributed by atoms with Gasteiger partial charge in [-0.15, -0.1) is 0 Å². The normalized spacial score (nSPS) is 16.0. The molecule has 1 aromatic carbocycles. The highest BCUT2D eigenvalue weighted by molar-refractivity contribution is 7.71. The third-order valence-corrected chi connectivity index (χ3v) is 4.05. The van der Waals surface area contributed by atoms with Crippen LogP contribution in [-0.4, -0.2) is 27.9 Å². The van der Waals surface area contributed by atoms with Gasteiger partial charge in [-0.25, -0.2) is 0 Å². The molecule has 0 spiro atoms. The van der Waals surface area contributed by atoms with Crippen molar-refractivity contribution in [3.8, 4) is 0 Å². The highest BCUT2D eigenvalue weighted by Crippen LogP contribution is 2.05. The van der Waals surface area contributed by atoms with E-state index in [-0.39, 0.29) is 0 Å². The predicted octanol–water partition coefficient (Wildman–Crippen LogP) is 1.17. The van der Waals surface area contributed by atoms with E-state index in [1.54, 1.807) is 4.90 Å². The number of benzene rings is 1. The molecule has 1 aromatic heterocycles. The molecular weight excluding hydrogens is 256 g/mol. The van der Waals surface area contributed by atoms with Gasteiger partial charge in [0.1, 0.15) is 6.54 Å². The molecule has 0 amide bonds. The third kappa shape index (κ3) is 2.93. The van der Waals surface area contributed by atoms with E-state index < -0.39 is 0 Å². The summed E-state index contributed by atoms with van der Waals surface area (Å²) in [5.41, 5.74) is 1.26. The summed E-state index contributed by atoms with van der Waals surface area (Å²) in [7, 11) is 0. The van der Waals surface area contributed by atoms with E-state index in [2.05, 4.69) is 39.0 Å². The van der Waals surface area contributed by atoms with Crippen LogP contribution < -0.4 is 4.90 Å². The van der Waals surface area contributed by atoms with Gasteiger partial charge in [-0.05, 0) is 17.8 Å². The second-order valence-corrected chi connectivity index (χ2v) is 5.54. The Kier molecular flexibility index (Phi) is 3.75. The maximum Gasteiger partial charge on any atom is 0.195 e. The van der Waals surface area contributed by atoms with Crippen molar-refractivity contribution in [2.75, 3.05) is 13.1 Å². The summed E-state index contributed by atoms with van der Waals surface area (Å²) in [6, 6.07) is 10.4. The molecule has 0 saturated carbocycles. The van der Waals surface area contributed by atoms with Gasteiger partial charge < -0.3 is 4.90 Å². The Morgan fingerprint density at radius 3 is 2.68 bits per heavy atom. The summed E-state index contributed by atoms with van der Waals surface area (Å²) in [6.07, 6.45) is 2.67. The second-order valence-electron chi connectivity index (χ2n) is 5.15. The summed E-state index contributed by atoms with van der Waals surface area (Å²) < 4.78 is 2.84. The monoisotopic (exact) mass is 275 g/mol. The Bertz CT molecular complexity index is 581. The van der Waals surface area contributed by atoms with Gasteiger partial charge in [-0.1, -0.05) is 30.3 Å². The molecule has 100 valence electrons. The summed E-state index contributed by atoms with van der Waals surface area (Å²) in [4.78, 5) is 1.61. The number of rotatable bonds is 4. The minimum atomic E-state index is 0.720. The summed E-state index contributed by atoms with van der Waals surface area (Å²) >= 11 is 5.35. The maximum absolute atomic E-state index is 5.35. The molecule has 2 aromatic rings. The lowest BCUT2D eigenvalue weighted by Gasteiger charge is -2.12. The number of hydrogen-bond donors (Lipinski definition) is 2. The first-order chi connectivity index (χ1) is 9.33. The maximum atomic E-state index is 5.35. The van der Waals surface area contributed by atoms with Crippen molar-refractivity contribution in [2.24, 2.45) is 0 Å².